The quantitative estimate of drug-likeness (QED) is 0.620. The lowest BCUT2D eigenvalue weighted by Gasteiger charge is -1.98. The molecule has 0 N–H and O–H groups in total. The van der Waals surface area contributed by atoms with Crippen LogP contribution in [0.4, 0.5) is 0 Å². The van der Waals surface area contributed by atoms with Crippen LogP contribution in [0.15, 0.2) is 24.4 Å². The molecule has 0 amide bonds. The molecule has 1 aromatic carbocycles. The molecule has 0 aliphatic carbocycles. The van der Waals surface area contributed by atoms with Gasteiger partial charge in [-0.3, -0.25) is 0 Å². The van der Waals surface area contributed by atoms with E-state index in [4.69, 9.17) is 11.6 Å². The van der Waals surface area contributed by atoms with Gasteiger partial charge in [-0.05, 0) is 13.0 Å². The summed E-state index contributed by atoms with van der Waals surface area (Å²) in [5.41, 5.74) is 1.20. The van der Waals surface area contributed by atoms with Crippen LogP contribution in [0.2, 0.25) is 5.15 Å². The molecule has 1 heterocycles. The fraction of sp³-hybridized carbons (Fsp3) is 0.111. The molecule has 0 aliphatic heterocycles. The van der Waals surface area contributed by atoms with Crippen molar-refractivity contribution in [3.8, 4) is 0 Å². The second-order valence-corrected chi connectivity index (χ2v) is 3.08. The van der Waals surface area contributed by atoms with Crippen LogP contribution < -0.4 is 0 Å². The maximum absolute atomic E-state index is 5.84. The molecular formula is C9H7ClN2. The predicted octanol–water partition coefficient (Wildman–Crippen LogP) is 2.59. The molecule has 3 heteroatoms. The van der Waals surface area contributed by atoms with E-state index in [1.165, 1.54) is 5.56 Å². The maximum atomic E-state index is 5.84. The summed E-state index contributed by atoms with van der Waals surface area (Å²) in [5, 5.41) is 9.98. The highest BCUT2D eigenvalue weighted by atomic mass is 35.5. The summed E-state index contributed by atoms with van der Waals surface area (Å²) in [4.78, 5) is 0. The van der Waals surface area contributed by atoms with Crippen molar-refractivity contribution < 1.29 is 0 Å². The first-order valence-electron chi connectivity index (χ1n) is 3.65. The van der Waals surface area contributed by atoms with Crippen LogP contribution in [0, 0.1) is 6.92 Å². The Labute approximate surface area is 75.2 Å². The summed E-state index contributed by atoms with van der Waals surface area (Å²) in [6.07, 6.45) is 1.72. The monoisotopic (exact) mass is 178 g/mol. The van der Waals surface area contributed by atoms with Gasteiger partial charge in [0.1, 0.15) is 0 Å². The van der Waals surface area contributed by atoms with Gasteiger partial charge in [0.05, 0.1) is 6.20 Å². The Kier molecular flexibility index (Phi) is 1.70. The lowest BCUT2D eigenvalue weighted by molar-refractivity contribution is 1.05. The smallest absolute Gasteiger partial charge is 0.157 e. The minimum Gasteiger partial charge on any atom is -0.157 e. The van der Waals surface area contributed by atoms with Crippen LogP contribution in [0.3, 0.4) is 0 Å². The van der Waals surface area contributed by atoms with Gasteiger partial charge in [0.2, 0.25) is 0 Å². The van der Waals surface area contributed by atoms with Gasteiger partial charge in [0.25, 0.3) is 0 Å². The number of hydrogen-bond acceptors (Lipinski definition) is 2. The third-order valence-corrected chi connectivity index (χ3v) is 2.05. The zero-order valence-electron chi connectivity index (χ0n) is 6.58. The molecule has 60 valence electrons. The van der Waals surface area contributed by atoms with Crippen molar-refractivity contribution in [3.63, 3.8) is 0 Å². The molecule has 2 aromatic rings. The normalized spacial score (nSPS) is 10.5. The zero-order chi connectivity index (χ0) is 8.55. The first-order chi connectivity index (χ1) is 5.77. The van der Waals surface area contributed by atoms with Crippen molar-refractivity contribution in [1.29, 1.82) is 0 Å². The molecule has 12 heavy (non-hydrogen) atoms. The van der Waals surface area contributed by atoms with Crippen molar-refractivity contribution in [2.45, 2.75) is 6.92 Å². The van der Waals surface area contributed by atoms with Gasteiger partial charge in [-0.25, -0.2) is 0 Å². The number of aromatic nitrogens is 2. The van der Waals surface area contributed by atoms with E-state index in [1.54, 1.807) is 6.20 Å². The van der Waals surface area contributed by atoms with Crippen LogP contribution in [-0.4, -0.2) is 10.2 Å². The summed E-state index contributed by atoms with van der Waals surface area (Å²) >= 11 is 5.84. The van der Waals surface area contributed by atoms with Crippen LogP contribution in [0.1, 0.15) is 5.56 Å². The Bertz CT molecular complexity index is 426. The molecule has 0 bridgehead atoms. The van der Waals surface area contributed by atoms with Gasteiger partial charge in [-0.15, -0.1) is 5.10 Å². The Morgan fingerprint density at radius 3 is 3.00 bits per heavy atom. The highest BCUT2D eigenvalue weighted by molar-refractivity contribution is 6.34. The SMILES string of the molecule is Cc1ccc2c(Cl)nncc2c1. The number of rotatable bonds is 0. The zero-order valence-corrected chi connectivity index (χ0v) is 7.34. The molecule has 0 radical (unpaired) electrons. The number of aryl methyl sites for hydroxylation is 1. The Morgan fingerprint density at radius 2 is 2.17 bits per heavy atom. The number of benzene rings is 1. The predicted molar refractivity (Wildman–Crippen MR) is 49.3 cm³/mol. The highest BCUT2D eigenvalue weighted by Crippen LogP contribution is 2.20. The van der Waals surface area contributed by atoms with Crippen LogP contribution in [0.25, 0.3) is 10.8 Å². The van der Waals surface area contributed by atoms with Gasteiger partial charge < -0.3 is 0 Å². The topological polar surface area (TPSA) is 25.8 Å². The van der Waals surface area contributed by atoms with Crippen LogP contribution in [0.5, 0.6) is 0 Å². The molecule has 0 saturated carbocycles. The Balaban J connectivity index is 2.86. The third kappa shape index (κ3) is 1.14. The number of fused-ring (bicyclic) bond motifs is 1. The molecule has 0 fully saturated rings. The number of halogens is 1. The standard InChI is InChI=1S/C9H7ClN2/c1-6-2-3-8-7(4-6)5-11-12-9(8)10/h2-5H,1H3. The van der Waals surface area contributed by atoms with E-state index >= 15 is 0 Å². The fourth-order valence-electron chi connectivity index (χ4n) is 1.17. The van der Waals surface area contributed by atoms with Crippen molar-refractivity contribution in [3.05, 3.63) is 35.1 Å². The summed E-state index contributed by atoms with van der Waals surface area (Å²) < 4.78 is 0. The van der Waals surface area contributed by atoms with E-state index in [-0.39, 0.29) is 0 Å². The van der Waals surface area contributed by atoms with Crippen molar-refractivity contribution in [1.82, 2.24) is 10.2 Å². The van der Waals surface area contributed by atoms with Crippen LogP contribution >= 0.6 is 11.6 Å². The number of hydrogen-bond donors (Lipinski definition) is 0. The third-order valence-electron chi connectivity index (χ3n) is 1.77. The molecule has 0 aliphatic rings. The molecule has 0 atom stereocenters. The lowest BCUT2D eigenvalue weighted by atomic mass is 10.1. The average molecular weight is 179 g/mol. The van der Waals surface area contributed by atoms with E-state index in [2.05, 4.69) is 10.2 Å². The molecule has 2 nitrogen and oxygen atoms in total. The number of nitrogens with zero attached hydrogens (tertiary/aromatic N) is 2. The van der Waals surface area contributed by atoms with Gasteiger partial charge in [-0.2, -0.15) is 5.10 Å². The summed E-state index contributed by atoms with van der Waals surface area (Å²) in [6, 6.07) is 6.01. The minimum atomic E-state index is 0.465. The molecule has 0 saturated heterocycles. The molecular weight excluding hydrogens is 172 g/mol. The fourth-order valence-corrected chi connectivity index (χ4v) is 1.39. The molecule has 0 unspecified atom stereocenters. The summed E-state index contributed by atoms with van der Waals surface area (Å²) in [7, 11) is 0. The summed E-state index contributed by atoms with van der Waals surface area (Å²) in [5.74, 6) is 0. The van der Waals surface area contributed by atoms with Gasteiger partial charge >= 0.3 is 0 Å². The van der Waals surface area contributed by atoms with E-state index in [0.717, 1.165) is 10.8 Å². The van der Waals surface area contributed by atoms with E-state index in [0.29, 0.717) is 5.15 Å². The van der Waals surface area contributed by atoms with Crippen LogP contribution in [-0.2, 0) is 0 Å². The van der Waals surface area contributed by atoms with Crippen molar-refractivity contribution in [2.75, 3.05) is 0 Å². The van der Waals surface area contributed by atoms with Gasteiger partial charge in [-0.1, -0.05) is 29.3 Å². The van der Waals surface area contributed by atoms with Gasteiger partial charge in [0.15, 0.2) is 5.15 Å². The first kappa shape index (κ1) is 7.50. The molecule has 0 spiro atoms. The second-order valence-electron chi connectivity index (χ2n) is 2.73. The van der Waals surface area contributed by atoms with Crippen molar-refractivity contribution >= 4 is 22.4 Å². The largest absolute Gasteiger partial charge is 0.159 e. The highest BCUT2D eigenvalue weighted by Gasteiger charge is 1.99. The minimum absolute atomic E-state index is 0.465. The van der Waals surface area contributed by atoms with Crippen molar-refractivity contribution in [2.24, 2.45) is 0 Å². The van der Waals surface area contributed by atoms with Gasteiger partial charge in [0, 0.05) is 10.8 Å². The van der Waals surface area contributed by atoms with E-state index in [1.807, 2.05) is 25.1 Å². The van der Waals surface area contributed by atoms with E-state index < -0.39 is 0 Å². The molecule has 1 aromatic heterocycles. The summed E-state index contributed by atoms with van der Waals surface area (Å²) in [6.45, 7) is 2.04. The van der Waals surface area contributed by atoms with E-state index in [9.17, 15) is 0 Å². The molecule has 2 rings (SSSR count). The second kappa shape index (κ2) is 2.72. The first-order valence-corrected chi connectivity index (χ1v) is 4.03. The Morgan fingerprint density at radius 1 is 1.33 bits per heavy atom. The lowest BCUT2D eigenvalue weighted by Crippen LogP contribution is -1.83. The maximum Gasteiger partial charge on any atom is 0.159 e. The average Bonchev–Trinajstić information content (AvgIpc) is 2.04. The Hall–Kier alpha value is -1.15.